The molecule has 0 saturated carbocycles. The molecule has 1 aromatic carbocycles. The molecule has 1 saturated heterocycles. The maximum Gasteiger partial charge on any atom is 0.271 e. The highest BCUT2D eigenvalue weighted by molar-refractivity contribution is 9.10. The average Bonchev–Trinajstić information content (AvgIpc) is 2.43. The number of likely N-dealkylation sites (tertiary alicyclic amines) is 1. The van der Waals surface area contributed by atoms with Crippen molar-refractivity contribution in [3.63, 3.8) is 0 Å². The Morgan fingerprint density at radius 2 is 2.20 bits per heavy atom. The summed E-state index contributed by atoms with van der Waals surface area (Å²) < 4.78 is 0.842. The molecule has 0 amide bonds. The molecule has 0 aromatic heterocycles. The summed E-state index contributed by atoms with van der Waals surface area (Å²) in [7, 11) is 0. The minimum Gasteiger partial charge on any atom is -0.381 e. The maximum absolute atomic E-state index is 10.8. The Kier molecular flexibility index (Phi) is 4.99. The summed E-state index contributed by atoms with van der Waals surface area (Å²) in [5, 5.41) is 14.2. The van der Waals surface area contributed by atoms with Crippen LogP contribution >= 0.6 is 15.9 Å². The fraction of sp³-hybridized carbons (Fsp3) is 0.429. The molecule has 0 spiro atoms. The Hall–Kier alpha value is -1.58. The second kappa shape index (κ2) is 6.73. The van der Waals surface area contributed by atoms with Crippen molar-refractivity contribution in [1.82, 2.24) is 4.90 Å². The van der Waals surface area contributed by atoms with Crippen LogP contribution < -0.4 is 5.32 Å². The van der Waals surface area contributed by atoms with E-state index in [-0.39, 0.29) is 10.6 Å². The number of anilines is 1. The normalized spacial score (nSPS) is 16.6. The molecule has 1 heterocycles. The van der Waals surface area contributed by atoms with Crippen LogP contribution in [-0.2, 0) is 0 Å². The SMILES string of the molecule is C#CCN1CCC(Nc2cc([N+](=O)[O-])ccc2Br)CC1. The monoisotopic (exact) mass is 337 g/mol. The van der Waals surface area contributed by atoms with E-state index < -0.39 is 0 Å². The molecule has 1 aromatic rings. The van der Waals surface area contributed by atoms with Gasteiger partial charge in [0.05, 0.1) is 17.2 Å². The smallest absolute Gasteiger partial charge is 0.271 e. The first-order valence-electron chi connectivity index (χ1n) is 6.46. The molecule has 1 fully saturated rings. The van der Waals surface area contributed by atoms with E-state index in [1.165, 1.54) is 6.07 Å². The molecule has 0 atom stereocenters. The zero-order valence-corrected chi connectivity index (χ0v) is 12.6. The van der Waals surface area contributed by atoms with Crippen molar-refractivity contribution in [2.45, 2.75) is 18.9 Å². The Labute approximate surface area is 126 Å². The molecule has 20 heavy (non-hydrogen) atoms. The van der Waals surface area contributed by atoms with Crippen LogP contribution in [0.2, 0.25) is 0 Å². The molecule has 1 N–H and O–H groups in total. The quantitative estimate of drug-likeness (QED) is 0.521. The van der Waals surface area contributed by atoms with Gasteiger partial charge in [-0.3, -0.25) is 15.0 Å². The second-order valence-corrected chi connectivity index (χ2v) is 5.67. The molecule has 6 heteroatoms. The number of nitrogens with one attached hydrogen (secondary N) is 1. The van der Waals surface area contributed by atoms with E-state index in [0.29, 0.717) is 12.6 Å². The number of terminal acetylenes is 1. The maximum atomic E-state index is 10.8. The van der Waals surface area contributed by atoms with Gasteiger partial charge in [-0.05, 0) is 34.8 Å². The lowest BCUT2D eigenvalue weighted by atomic mass is 10.0. The molecule has 0 radical (unpaired) electrons. The summed E-state index contributed by atoms with van der Waals surface area (Å²) in [6.45, 7) is 2.59. The van der Waals surface area contributed by atoms with Crippen LogP contribution in [0.1, 0.15) is 12.8 Å². The zero-order valence-electron chi connectivity index (χ0n) is 11.0. The van der Waals surface area contributed by atoms with Crippen LogP contribution in [0, 0.1) is 22.5 Å². The van der Waals surface area contributed by atoms with Gasteiger partial charge in [0.2, 0.25) is 0 Å². The Balaban J connectivity index is 1.99. The number of benzene rings is 1. The number of halogens is 1. The van der Waals surface area contributed by atoms with E-state index in [9.17, 15) is 10.1 Å². The van der Waals surface area contributed by atoms with Crippen molar-refractivity contribution in [3.8, 4) is 12.3 Å². The van der Waals surface area contributed by atoms with Crippen molar-refractivity contribution < 1.29 is 4.92 Å². The van der Waals surface area contributed by atoms with E-state index >= 15 is 0 Å². The predicted octanol–water partition coefficient (Wildman–Crippen LogP) is 2.87. The van der Waals surface area contributed by atoms with E-state index in [1.807, 2.05) is 0 Å². The lowest BCUT2D eigenvalue weighted by Gasteiger charge is -2.31. The van der Waals surface area contributed by atoms with Crippen molar-refractivity contribution in [1.29, 1.82) is 0 Å². The summed E-state index contributed by atoms with van der Waals surface area (Å²) in [5.74, 6) is 2.65. The average molecular weight is 338 g/mol. The first-order chi connectivity index (χ1) is 9.60. The van der Waals surface area contributed by atoms with Crippen LogP contribution in [-0.4, -0.2) is 35.5 Å². The highest BCUT2D eigenvalue weighted by Gasteiger charge is 2.19. The van der Waals surface area contributed by atoms with Gasteiger partial charge < -0.3 is 5.32 Å². The van der Waals surface area contributed by atoms with Crippen LogP contribution in [0.15, 0.2) is 22.7 Å². The number of nitrogens with zero attached hydrogens (tertiary/aromatic N) is 2. The van der Waals surface area contributed by atoms with E-state index in [1.54, 1.807) is 12.1 Å². The summed E-state index contributed by atoms with van der Waals surface area (Å²) in [4.78, 5) is 12.7. The minimum absolute atomic E-state index is 0.0977. The molecule has 1 aliphatic rings. The fourth-order valence-electron chi connectivity index (χ4n) is 2.32. The van der Waals surface area contributed by atoms with Crippen molar-refractivity contribution >= 4 is 27.3 Å². The highest BCUT2D eigenvalue weighted by atomic mass is 79.9. The summed E-state index contributed by atoms with van der Waals surface area (Å²) in [5.41, 5.74) is 0.870. The third kappa shape index (κ3) is 3.71. The zero-order chi connectivity index (χ0) is 14.5. The van der Waals surface area contributed by atoms with Gasteiger partial charge in [-0.25, -0.2) is 0 Å². The Morgan fingerprint density at radius 3 is 2.80 bits per heavy atom. The third-order valence-corrected chi connectivity index (χ3v) is 4.11. The molecule has 106 valence electrons. The number of piperidine rings is 1. The van der Waals surface area contributed by atoms with Gasteiger partial charge in [0.15, 0.2) is 0 Å². The number of hydrogen-bond acceptors (Lipinski definition) is 4. The van der Waals surface area contributed by atoms with Crippen molar-refractivity contribution in [2.24, 2.45) is 0 Å². The summed E-state index contributed by atoms with van der Waals surface area (Å²) in [6.07, 6.45) is 7.27. The van der Waals surface area contributed by atoms with Gasteiger partial charge in [0.1, 0.15) is 0 Å². The van der Waals surface area contributed by atoms with Crippen molar-refractivity contribution in [3.05, 3.63) is 32.8 Å². The van der Waals surface area contributed by atoms with Crippen LogP contribution in [0.5, 0.6) is 0 Å². The molecule has 5 nitrogen and oxygen atoms in total. The van der Waals surface area contributed by atoms with Gasteiger partial charge >= 0.3 is 0 Å². The largest absolute Gasteiger partial charge is 0.381 e. The molecule has 0 bridgehead atoms. The number of rotatable bonds is 4. The molecule has 1 aliphatic heterocycles. The summed E-state index contributed by atoms with van der Waals surface area (Å²) >= 11 is 3.42. The standard InChI is InChI=1S/C14H16BrN3O2/c1-2-7-17-8-5-11(6-9-17)16-14-10-12(18(19)20)3-4-13(14)15/h1,3-4,10-11,16H,5-9H2. The molecular weight excluding hydrogens is 322 g/mol. The molecule has 2 rings (SSSR count). The van der Waals surface area contributed by atoms with Crippen LogP contribution in [0.25, 0.3) is 0 Å². The number of hydrogen-bond donors (Lipinski definition) is 1. The predicted molar refractivity (Wildman–Crippen MR) is 82.7 cm³/mol. The third-order valence-electron chi connectivity index (χ3n) is 3.42. The van der Waals surface area contributed by atoms with E-state index in [2.05, 4.69) is 32.1 Å². The molecular formula is C14H16BrN3O2. The lowest BCUT2D eigenvalue weighted by molar-refractivity contribution is -0.384. The van der Waals surface area contributed by atoms with Gasteiger partial charge in [-0.2, -0.15) is 0 Å². The molecule has 0 aliphatic carbocycles. The Bertz CT molecular complexity index is 534. The molecule has 0 unspecified atom stereocenters. The van der Waals surface area contributed by atoms with Gasteiger partial charge in [-0.15, -0.1) is 6.42 Å². The van der Waals surface area contributed by atoms with Crippen LogP contribution in [0.4, 0.5) is 11.4 Å². The van der Waals surface area contributed by atoms with Gasteiger partial charge in [0, 0.05) is 35.7 Å². The van der Waals surface area contributed by atoms with Gasteiger partial charge in [-0.1, -0.05) is 5.92 Å². The number of non-ortho nitro benzene ring substituents is 1. The Morgan fingerprint density at radius 1 is 1.50 bits per heavy atom. The first kappa shape index (κ1) is 14.8. The van der Waals surface area contributed by atoms with Gasteiger partial charge in [0.25, 0.3) is 5.69 Å². The van der Waals surface area contributed by atoms with Crippen molar-refractivity contribution in [2.75, 3.05) is 25.0 Å². The highest BCUT2D eigenvalue weighted by Crippen LogP contribution is 2.29. The topological polar surface area (TPSA) is 58.4 Å². The number of nitro benzene ring substituents is 1. The number of nitro groups is 1. The van der Waals surface area contributed by atoms with Crippen LogP contribution in [0.3, 0.4) is 0 Å². The summed E-state index contributed by atoms with van der Waals surface area (Å²) in [6, 6.07) is 5.08. The minimum atomic E-state index is -0.382. The van der Waals surface area contributed by atoms with E-state index in [4.69, 9.17) is 6.42 Å². The first-order valence-corrected chi connectivity index (χ1v) is 7.25. The second-order valence-electron chi connectivity index (χ2n) is 4.82. The lowest BCUT2D eigenvalue weighted by Crippen LogP contribution is -2.39. The van der Waals surface area contributed by atoms with E-state index in [0.717, 1.165) is 36.1 Å². The fourth-order valence-corrected chi connectivity index (χ4v) is 2.68.